The quantitative estimate of drug-likeness (QED) is 0.715. The van der Waals surface area contributed by atoms with E-state index in [1.54, 1.807) is 6.07 Å². The van der Waals surface area contributed by atoms with Crippen LogP contribution < -0.4 is 16.8 Å². The minimum absolute atomic E-state index is 0.107. The van der Waals surface area contributed by atoms with Crippen molar-refractivity contribution < 1.29 is 0 Å². The number of hydrogen-bond acceptors (Lipinski definition) is 4. The molecule has 0 saturated heterocycles. The Balaban J connectivity index is 2.89. The molecular formula is C12H22N4. The lowest BCUT2D eigenvalue weighted by Crippen LogP contribution is -2.36. The van der Waals surface area contributed by atoms with Crippen molar-refractivity contribution in [2.24, 2.45) is 0 Å². The van der Waals surface area contributed by atoms with Crippen LogP contribution in [0.3, 0.4) is 0 Å². The Labute approximate surface area is 97.4 Å². The highest BCUT2D eigenvalue weighted by atomic mass is 15.1. The van der Waals surface area contributed by atoms with Crippen LogP contribution in [-0.2, 0) is 0 Å². The van der Waals surface area contributed by atoms with Gasteiger partial charge in [-0.15, -0.1) is 0 Å². The normalized spacial score (nSPS) is 11.4. The molecule has 16 heavy (non-hydrogen) atoms. The SMILES string of the molecule is CCC(CC)(CC)Nc1ccc(N)c(N)n1. The van der Waals surface area contributed by atoms with Crippen LogP contribution >= 0.6 is 0 Å². The van der Waals surface area contributed by atoms with Crippen LogP contribution in [0.15, 0.2) is 12.1 Å². The summed E-state index contributed by atoms with van der Waals surface area (Å²) in [5.74, 6) is 1.19. The maximum Gasteiger partial charge on any atom is 0.149 e. The zero-order chi connectivity index (χ0) is 12.2. The summed E-state index contributed by atoms with van der Waals surface area (Å²) in [5.41, 5.74) is 12.0. The van der Waals surface area contributed by atoms with Crippen molar-refractivity contribution in [2.75, 3.05) is 16.8 Å². The molecule has 0 bridgehead atoms. The molecule has 0 radical (unpaired) electrons. The third kappa shape index (κ3) is 2.56. The third-order valence-electron chi connectivity index (χ3n) is 3.38. The Kier molecular flexibility index (Phi) is 3.99. The van der Waals surface area contributed by atoms with Gasteiger partial charge in [-0.2, -0.15) is 0 Å². The number of anilines is 3. The topological polar surface area (TPSA) is 77.0 Å². The fourth-order valence-corrected chi connectivity index (χ4v) is 1.84. The monoisotopic (exact) mass is 222 g/mol. The van der Waals surface area contributed by atoms with E-state index in [4.69, 9.17) is 11.5 Å². The van der Waals surface area contributed by atoms with Crippen LogP contribution in [0.2, 0.25) is 0 Å². The Bertz CT molecular complexity index is 337. The van der Waals surface area contributed by atoms with Gasteiger partial charge in [0.15, 0.2) is 0 Å². The molecule has 1 aromatic rings. The standard InChI is InChI=1S/C12H22N4/c1-4-12(5-2,6-3)16-10-8-7-9(13)11(14)15-10/h7-8H,4-6,13H2,1-3H3,(H3,14,15,16). The van der Waals surface area contributed by atoms with E-state index in [1.807, 2.05) is 6.07 Å². The van der Waals surface area contributed by atoms with Crippen LogP contribution in [0.4, 0.5) is 17.3 Å². The molecule has 1 rings (SSSR count). The average molecular weight is 222 g/mol. The first kappa shape index (κ1) is 12.6. The number of nitrogen functional groups attached to an aromatic ring is 2. The van der Waals surface area contributed by atoms with Gasteiger partial charge in [0.2, 0.25) is 0 Å². The molecular weight excluding hydrogens is 200 g/mol. The van der Waals surface area contributed by atoms with Gasteiger partial charge in [-0.05, 0) is 31.4 Å². The second kappa shape index (κ2) is 5.05. The minimum Gasteiger partial charge on any atom is -0.396 e. The van der Waals surface area contributed by atoms with Crippen LogP contribution in [-0.4, -0.2) is 10.5 Å². The number of nitrogens with zero attached hydrogens (tertiary/aromatic N) is 1. The highest BCUT2D eigenvalue weighted by molar-refractivity contribution is 5.61. The van der Waals surface area contributed by atoms with E-state index in [0.29, 0.717) is 11.5 Å². The maximum absolute atomic E-state index is 5.69. The maximum atomic E-state index is 5.69. The van der Waals surface area contributed by atoms with Crippen molar-refractivity contribution in [1.82, 2.24) is 4.98 Å². The van der Waals surface area contributed by atoms with E-state index in [9.17, 15) is 0 Å². The highest BCUT2D eigenvalue weighted by Gasteiger charge is 2.23. The van der Waals surface area contributed by atoms with Crippen molar-refractivity contribution in [2.45, 2.75) is 45.6 Å². The van der Waals surface area contributed by atoms with E-state index in [2.05, 4.69) is 31.1 Å². The van der Waals surface area contributed by atoms with E-state index in [1.165, 1.54) is 0 Å². The molecule has 4 nitrogen and oxygen atoms in total. The third-order valence-corrected chi connectivity index (χ3v) is 3.38. The summed E-state index contributed by atoms with van der Waals surface area (Å²) in [5, 5.41) is 3.46. The molecule has 0 atom stereocenters. The summed E-state index contributed by atoms with van der Waals surface area (Å²) < 4.78 is 0. The van der Waals surface area contributed by atoms with Crippen LogP contribution in [0.1, 0.15) is 40.0 Å². The summed E-state index contributed by atoms with van der Waals surface area (Å²) in [6.45, 7) is 6.54. The average Bonchev–Trinajstić information content (AvgIpc) is 2.31. The van der Waals surface area contributed by atoms with E-state index < -0.39 is 0 Å². The number of nitrogens with two attached hydrogens (primary N) is 2. The van der Waals surface area contributed by atoms with Gasteiger partial charge >= 0.3 is 0 Å². The number of pyridine rings is 1. The van der Waals surface area contributed by atoms with Crippen LogP contribution in [0.5, 0.6) is 0 Å². The molecule has 0 aliphatic rings. The molecule has 1 aromatic heterocycles. The molecule has 0 spiro atoms. The number of rotatable bonds is 5. The van der Waals surface area contributed by atoms with Gasteiger partial charge in [-0.1, -0.05) is 20.8 Å². The first-order valence-corrected chi connectivity index (χ1v) is 5.87. The van der Waals surface area contributed by atoms with E-state index >= 15 is 0 Å². The summed E-state index contributed by atoms with van der Waals surface area (Å²) in [6, 6.07) is 3.66. The molecule has 5 N–H and O–H groups in total. The fourth-order valence-electron chi connectivity index (χ4n) is 1.84. The van der Waals surface area contributed by atoms with E-state index in [-0.39, 0.29) is 5.54 Å². The highest BCUT2D eigenvalue weighted by Crippen LogP contribution is 2.25. The Morgan fingerprint density at radius 1 is 1.12 bits per heavy atom. The number of aromatic nitrogens is 1. The second-order valence-electron chi connectivity index (χ2n) is 4.14. The Morgan fingerprint density at radius 2 is 1.69 bits per heavy atom. The summed E-state index contributed by atoms with van der Waals surface area (Å²) in [6.07, 6.45) is 3.18. The zero-order valence-corrected chi connectivity index (χ0v) is 10.4. The van der Waals surface area contributed by atoms with Gasteiger partial charge in [0.1, 0.15) is 11.6 Å². The zero-order valence-electron chi connectivity index (χ0n) is 10.4. The summed E-state index contributed by atoms with van der Waals surface area (Å²) >= 11 is 0. The molecule has 0 aromatic carbocycles. The van der Waals surface area contributed by atoms with Crippen LogP contribution in [0, 0.1) is 0 Å². The van der Waals surface area contributed by atoms with Crippen molar-refractivity contribution in [3.8, 4) is 0 Å². The largest absolute Gasteiger partial charge is 0.396 e. The van der Waals surface area contributed by atoms with Gasteiger partial charge in [0.05, 0.1) is 5.69 Å². The number of nitrogens with one attached hydrogen (secondary N) is 1. The van der Waals surface area contributed by atoms with E-state index in [0.717, 1.165) is 25.1 Å². The Hall–Kier alpha value is -1.45. The summed E-state index contributed by atoms with van der Waals surface area (Å²) in [7, 11) is 0. The van der Waals surface area contributed by atoms with Crippen molar-refractivity contribution >= 4 is 17.3 Å². The van der Waals surface area contributed by atoms with Gasteiger partial charge in [0, 0.05) is 5.54 Å². The smallest absolute Gasteiger partial charge is 0.149 e. The molecule has 0 aliphatic carbocycles. The van der Waals surface area contributed by atoms with Gasteiger partial charge in [0.25, 0.3) is 0 Å². The molecule has 0 unspecified atom stereocenters. The predicted molar refractivity (Wildman–Crippen MR) is 70.3 cm³/mol. The van der Waals surface area contributed by atoms with Gasteiger partial charge in [-0.25, -0.2) is 4.98 Å². The fraction of sp³-hybridized carbons (Fsp3) is 0.583. The number of hydrogen-bond donors (Lipinski definition) is 3. The van der Waals surface area contributed by atoms with Crippen molar-refractivity contribution in [3.05, 3.63) is 12.1 Å². The molecule has 90 valence electrons. The van der Waals surface area contributed by atoms with Crippen molar-refractivity contribution in [1.29, 1.82) is 0 Å². The first-order chi connectivity index (χ1) is 7.56. The lowest BCUT2D eigenvalue weighted by atomic mass is 9.90. The van der Waals surface area contributed by atoms with Crippen LogP contribution in [0.25, 0.3) is 0 Å². The minimum atomic E-state index is 0.107. The van der Waals surface area contributed by atoms with Gasteiger partial charge in [-0.3, -0.25) is 0 Å². The van der Waals surface area contributed by atoms with Gasteiger partial charge < -0.3 is 16.8 Å². The molecule has 0 fully saturated rings. The molecule has 0 aliphatic heterocycles. The van der Waals surface area contributed by atoms with Crippen molar-refractivity contribution in [3.63, 3.8) is 0 Å². The second-order valence-corrected chi connectivity index (χ2v) is 4.14. The lowest BCUT2D eigenvalue weighted by molar-refractivity contribution is 0.419. The first-order valence-electron chi connectivity index (χ1n) is 5.87. The molecule has 0 amide bonds. The molecule has 1 heterocycles. The summed E-state index contributed by atoms with van der Waals surface area (Å²) in [4.78, 5) is 4.24. The molecule has 0 saturated carbocycles. The lowest BCUT2D eigenvalue weighted by Gasteiger charge is -2.32. The molecule has 4 heteroatoms. The Morgan fingerprint density at radius 3 is 2.12 bits per heavy atom. The predicted octanol–water partition coefficient (Wildman–Crippen LogP) is 2.63.